The zero-order chi connectivity index (χ0) is 22.4. The highest BCUT2D eigenvalue weighted by atomic mass is 19.1. The van der Waals surface area contributed by atoms with Crippen molar-refractivity contribution in [3.8, 4) is 17.1 Å². The van der Waals surface area contributed by atoms with E-state index in [0.717, 1.165) is 11.3 Å². The van der Waals surface area contributed by atoms with Crippen molar-refractivity contribution in [2.75, 3.05) is 17.2 Å². The molecule has 0 atom stereocenters. The molecule has 1 aromatic carbocycles. The molecule has 0 saturated heterocycles. The minimum atomic E-state index is -0.267. The normalized spacial score (nSPS) is 10.8. The van der Waals surface area contributed by atoms with Crippen LogP contribution in [0.1, 0.15) is 39.0 Å². The predicted octanol–water partition coefficient (Wildman–Crippen LogP) is 5.50. The summed E-state index contributed by atoms with van der Waals surface area (Å²) >= 11 is 0. The van der Waals surface area contributed by atoms with Crippen LogP contribution >= 0.6 is 0 Å². The van der Waals surface area contributed by atoms with Gasteiger partial charge in [-0.05, 0) is 52.0 Å². The van der Waals surface area contributed by atoms with E-state index < -0.39 is 0 Å². The number of ether oxygens (including phenoxy) is 1. The van der Waals surface area contributed by atoms with Gasteiger partial charge in [0, 0.05) is 24.3 Å². The molecular formula is C24H28FN5O. The lowest BCUT2D eigenvalue weighted by molar-refractivity contribution is 0.328. The lowest BCUT2D eigenvalue weighted by atomic mass is 10.1. The monoisotopic (exact) mass is 421 g/mol. The first kappa shape index (κ1) is 22.2. The smallest absolute Gasteiger partial charge is 0.222 e. The highest BCUT2D eigenvalue weighted by molar-refractivity contribution is 6.03. The zero-order valence-corrected chi connectivity index (χ0v) is 18.3. The molecular weight excluding hydrogens is 393 g/mol. The van der Waals surface area contributed by atoms with Crippen molar-refractivity contribution in [3.63, 3.8) is 0 Å². The SMILES string of the molecule is CCOc1ncccc1-c1cc(NCc2ccccc2F)c(NC(C)C)c(C(C)=N)n1. The quantitative estimate of drug-likeness (QED) is 0.397. The molecule has 6 nitrogen and oxygen atoms in total. The van der Waals surface area contributed by atoms with Gasteiger partial charge in [-0.25, -0.2) is 14.4 Å². The summed E-state index contributed by atoms with van der Waals surface area (Å²) in [6.45, 7) is 8.41. The summed E-state index contributed by atoms with van der Waals surface area (Å²) in [6, 6.07) is 12.4. The summed E-state index contributed by atoms with van der Waals surface area (Å²) in [5.74, 6) is 0.215. The molecule has 31 heavy (non-hydrogen) atoms. The summed E-state index contributed by atoms with van der Waals surface area (Å²) in [7, 11) is 0. The Morgan fingerprint density at radius 1 is 1.19 bits per heavy atom. The van der Waals surface area contributed by atoms with Gasteiger partial charge in [-0.3, -0.25) is 0 Å². The second-order valence-corrected chi connectivity index (χ2v) is 7.44. The van der Waals surface area contributed by atoms with Gasteiger partial charge in [-0.15, -0.1) is 0 Å². The number of nitrogens with one attached hydrogen (secondary N) is 3. The second-order valence-electron chi connectivity index (χ2n) is 7.44. The molecule has 2 aromatic heterocycles. The van der Waals surface area contributed by atoms with E-state index in [1.165, 1.54) is 6.07 Å². The van der Waals surface area contributed by atoms with Gasteiger partial charge in [0.2, 0.25) is 5.88 Å². The molecule has 0 aliphatic rings. The van der Waals surface area contributed by atoms with Crippen LogP contribution in [0.15, 0.2) is 48.7 Å². The van der Waals surface area contributed by atoms with Crippen molar-refractivity contribution in [2.45, 2.75) is 40.3 Å². The van der Waals surface area contributed by atoms with Crippen LogP contribution in [-0.2, 0) is 6.54 Å². The largest absolute Gasteiger partial charge is 0.477 e. The maximum absolute atomic E-state index is 14.2. The molecule has 0 aliphatic heterocycles. The van der Waals surface area contributed by atoms with E-state index in [9.17, 15) is 4.39 Å². The summed E-state index contributed by atoms with van der Waals surface area (Å²) in [5.41, 5.74) is 4.20. The van der Waals surface area contributed by atoms with Crippen LogP contribution in [0.2, 0.25) is 0 Å². The van der Waals surface area contributed by atoms with Gasteiger partial charge >= 0.3 is 0 Å². The fraction of sp³-hybridized carbons (Fsp3) is 0.292. The molecule has 3 rings (SSSR count). The number of rotatable bonds is 9. The first-order valence-corrected chi connectivity index (χ1v) is 10.3. The molecule has 2 heterocycles. The third-order valence-corrected chi connectivity index (χ3v) is 4.56. The summed E-state index contributed by atoms with van der Waals surface area (Å²) in [5, 5.41) is 15.0. The van der Waals surface area contributed by atoms with Crippen LogP contribution in [0.25, 0.3) is 11.3 Å². The summed E-state index contributed by atoms with van der Waals surface area (Å²) in [4.78, 5) is 9.07. The van der Waals surface area contributed by atoms with Crippen molar-refractivity contribution in [1.29, 1.82) is 5.41 Å². The second kappa shape index (κ2) is 10.0. The Morgan fingerprint density at radius 2 is 1.97 bits per heavy atom. The number of hydrogen-bond acceptors (Lipinski definition) is 6. The van der Waals surface area contributed by atoms with Crippen molar-refractivity contribution in [1.82, 2.24) is 9.97 Å². The highest BCUT2D eigenvalue weighted by Crippen LogP contribution is 2.34. The number of hydrogen-bond donors (Lipinski definition) is 3. The average molecular weight is 422 g/mol. The molecule has 0 radical (unpaired) electrons. The van der Waals surface area contributed by atoms with Crippen LogP contribution in [0.3, 0.4) is 0 Å². The van der Waals surface area contributed by atoms with Crippen LogP contribution in [0.5, 0.6) is 5.88 Å². The van der Waals surface area contributed by atoms with E-state index in [2.05, 4.69) is 15.6 Å². The average Bonchev–Trinajstić information content (AvgIpc) is 2.74. The summed E-state index contributed by atoms with van der Waals surface area (Å²) in [6.07, 6.45) is 1.67. The Hall–Kier alpha value is -3.48. The molecule has 0 spiro atoms. The Morgan fingerprint density at radius 3 is 2.65 bits per heavy atom. The molecule has 0 unspecified atom stereocenters. The van der Waals surface area contributed by atoms with Gasteiger partial charge in [0.25, 0.3) is 0 Å². The van der Waals surface area contributed by atoms with Crippen molar-refractivity contribution >= 4 is 17.1 Å². The molecule has 3 N–H and O–H groups in total. The number of pyridine rings is 2. The minimum Gasteiger partial charge on any atom is -0.477 e. The van der Waals surface area contributed by atoms with Gasteiger partial charge in [-0.1, -0.05) is 18.2 Å². The first-order chi connectivity index (χ1) is 14.9. The van der Waals surface area contributed by atoms with Gasteiger partial charge in [0.05, 0.1) is 35.0 Å². The predicted molar refractivity (Wildman–Crippen MR) is 124 cm³/mol. The van der Waals surface area contributed by atoms with E-state index >= 15 is 0 Å². The molecule has 162 valence electrons. The number of benzene rings is 1. The van der Waals surface area contributed by atoms with Crippen LogP contribution in [0, 0.1) is 11.2 Å². The molecule has 7 heteroatoms. The van der Waals surface area contributed by atoms with Crippen LogP contribution < -0.4 is 15.4 Å². The van der Waals surface area contributed by atoms with Gasteiger partial charge < -0.3 is 20.8 Å². The Kier molecular flexibility index (Phi) is 7.18. The van der Waals surface area contributed by atoms with Gasteiger partial charge in [0.1, 0.15) is 11.5 Å². The van der Waals surface area contributed by atoms with Gasteiger partial charge in [-0.2, -0.15) is 0 Å². The number of anilines is 2. The zero-order valence-electron chi connectivity index (χ0n) is 18.3. The Balaban J connectivity index is 2.12. The van der Waals surface area contributed by atoms with Crippen LogP contribution in [-0.4, -0.2) is 28.3 Å². The molecule has 0 fully saturated rings. The fourth-order valence-electron chi connectivity index (χ4n) is 3.20. The van der Waals surface area contributed by atoms with E-state index in [1.54, 1.807) is 25.3 Å². The van der Waals surface area contributed by atoms with E-state index in [0.29, 0.717) is 47.4 Å². The highest BCUT2D eigenvalue weighted by Gasteiger charge is 2.18. The van der Waals surface area contributed by atoms with E-state index in [4.69, 9.17) is 15.1 Å². The summed E-state index contributed by atoms with van der Waals surface area (Å²) < 4.78 is 19.8. The van der Waals surface area contributed by atoms with Crippen LogP contribution in [0.4, 0.5) is 15.8 Å². The number of aromatic nitrogens is 2. The third-order valence-electron chi connectivity index (χ3n) is 4.56. The van der Waals surface area contributed by atoms with Crippen molar-refractivity contribution in [2.24, 2.45) is 0 Å². The maximum atomic E-state index is 14.2. The van der Waals surface area contributed by atoms with Crippen molar-refractivity contribution in [3.05, 3.63) is 65.7 Å². The first-order valence-electron chi connectivity index (χ1n) is 10.3. The van der Waals surface area contributed by atoms with Gasteiger partial charge in [0.15, 0.2) is 0 Å². The standard InChI is InChI=1S/C24H28FN5O/c1-5-31-24-18(10-8-12-27-24)20-13-21(28-14-17-9-6-7-11-19(17)25)23(29-15(2)3)22(30-20)16(4)26/h6-13,15,26,29H,5,14H2,1-4H3,(H,28,30). The maximum Gasteiger partial charge on any atom is 0.222 e. The van der Waals surface area contributed by atoms with E-state index in [-0.39, 0.29) is 11.9 Å². The number of halogens is 1. The molecule has 0 saturated carbocycles. The topological polar surface area (TPSA) is 82.9 Å². The lowest BCUT2D eigenvalue weighted by Crippen LogP contribution is -2.17. The Bertz CT molecular complexity index is 1070. The lowest BCUT2D eigenvalue weighted by Gasteiger charge is -2.21. The van der Waals surface area contributed by atoms with Crippen molar-refractivity contribution < 1.29 is 9.13 Å². The number of nitrogens with zero attached hydrogens (tertiary/aromatic N) is 2. The molecule has 3 aromatic rings. The fourth-order valence-corrected chi connectivity index (χ4v) is 3.20. The Labute approximate surface area is 182 Å². The molecule has 0 bridgehead atoms. The molecule has 0 aliphatic carbocycles. The third kappa shape index (κ3) is 5.36. The minimum absolute atomic E-state index is 0.122. The molecule has 0 amide bonds. The van der Waals surface area contributed by atoms with E-state index in [1.807, 2.05) is 45.0 Å².